The topological polar surface area (TPSA) is 12.9 Å². The minimum absolute atomic E-state index is 0.443. The molecule has 72 valence electrons. The van der Waals surface area contributed by atoms with Crippen molar-refractivity contribution in [1.29, 1.82) is 0 Å². The molecule has 0 saturated carbocycles. The van der Waals surface area contributed by atoms with Crippen molar-refractivity contribution in [3.05, 3.63) is 41.0 Å². The van der Waals surface area contributed by atoms with Gasteiger partial charge in [0.15, 0.2) is 0 Å². The molecule has 0 radical (unpaired) electrons. The summed E-state index contributed by atoms with van der Waals surface area (Å²) in [5, 5.41) is 1.43. The van der Waals surface area contributed by atoms with Gasteiger partial charge in [0, 0.05) is 10.9 Å². The molecule has 0 aliphatic carbocycles. The van der Waals surface area contributed by atoms with Crippen molar-refractivity contribution in [3.63, 3.8) is 0 Å². The number of hydrogen-bond donors (Lipinski definition) is 0. The van der Waals surface area contributed by atoms with Crippen molar-refractivity contribution < 1.29 is 0 Å². The van der Waals surface area contributed by atoms with E-state index in [2.05, 4.69) is 4.98 Å². The summed E-state index contributed by atoms with van der Waals surface area (Å²) in [5.41, 5.74) is 1.54. The molecule has 14 heavy (non-hydrogen) atoms. The predicted molar refractivity (Wildman–Crippen MR) is 61.2 cm³/mol. The van der Waals surface area contributed by atoms with Gasteiger partial charge < -0.3 is 0 Å². The third kappa shape index (κ3) is 1.81. The van der Waals surface area contributed by atoms with Gasteiger partial charge >= 0.3 is 0 Å². The van der Waals surface area contributed by atoms with Crippen molar-refractivity contribution in [2.24, 2.45) is 0 Å². The molecule has 1 aromatic heterocycles. The molecular formula is C10H6Cl3N. The van der Waals surface area contributed by atoms with Crippen LogP contribution in [0.5, 0.6) is 0 Å². The third-order valence-electron chi connectivity index (χ3n) is 1.95. The van der Waals surface area contributed by atoms with E-state index in [1.54, 1.807) is 6.07 Å². The number of pyridine rings is 1. The highest BCUT2D eigenvalue weighted by atomic mass is 35.5. The van der Waals surface area contributed by atoms with Crippen molar-refractivity contribution >= 4 is 45.7 Å². The van der Waals surface area contributed by atoms with Gasteiger partial charge in [0.2, 0.25) is 0 Å². The highest BCUT2D eigenvalue weighted by Crippen LogP contribution is 2.30. The highest BCUT2D eigenvalue weighted by molar-refractivity contribution is 6.44. The number of benzene rings is 1. The molecule has 1 nitrogen and oxygen atoms in total. The van der Waals surface area contributed by atoms with Crippen LogP contribution in [0.2, 0.25) is 5.15 Å². The SMILES string of the molecule is Clc1ccc2cccc(C(Cl)Cl)c2n1. The molecule has 0 aliphatic rings. The van der Waals surface area contributed by atoms with Gasteiger partial charge in [0.1, 0.15) is 9.99 Å². The van der Waals surface area contributed by atoms with E-state index in [4.69, 9.17) is 34.8 Å². The van der Waals surface area contributed by atoms with Crippen molar-refractivity contribution in [2.75, 3.05) is 0 Å². The third-order valence-corrected chi connectivity index (χ3v) is 2.63. The summed E-state index contributed by atoms with van der Waals surface area (Å²) in [5.74, 6) is 0. The van der Waals surface area contributed by atoms with E-state index in [9.17, 15) is 0 Å². The summed E-state index contributed by atoms with van der Waals surface area (Å²) in [6, 6.07) is 9.31. The summed E-state index contributed by atoms with van der Waals surface area (Å²) in [6.07, 6.45) is 0. The lowest BCUT2D eigenvalue weighted by Crippen LogP contribution is -1.88. The number of hydrogen-bond acceptors (Lipinski definition) is 1. The zero-order chi connectivity index (χ0) is 10.1. The van der Waals surface area contributed by atoms with E-state index in [1.807, 2.05) is 24.3 Å². The van der Waals surface area contributed by atoms with E-state index in [1.165, 1.54) is 0 Å². The zero-order valence-electron chi connectivity index (χ0n) is 7.05. The molecule has 0 saturated heterocycles. The number of alkyl halides is 2. The fraction of sp³-hybridized carbons (Fsp3) is 0.100. The molecule has 0 bridgehead atoms. The minimum atomic E-state index is -0.579. The number of para-hydroxylation sites is 1. The molecule has 0 unspecified atom stereocenters. The Morgan fingerprint density at radius 2 is 1.86 bits per heavy atom. The van der Waals surface area contributed by atoms with Crippen LogP contribution in [0, 0.1) is 0 Å². The average Bonchev–Trinajstić information content (AvgIpc) is 2.16. The highest BCUT2D eigenvalue weighted by Gasteiger charge is 2.09. The van der Waals surface area contributed by atoms with Crippen LogP contribution in [0.25, 0.3) is 10.9 Å². The van der Waals surface area contributed by atoms with E-state index >= 15 is 0 Å². The van der Waals surface area contributed by atoms with Crippen LogP contribution in [0.3, 0.4) is 0 Å². The summed E-state index contributed by atoms with van der Waals surface area (Å²) in [6.45, 7) is 0. The Morgan fingerprint density at radius 1 is 1.07 bits per heavy atom. The Morgan fingerprint density at radius 3 is 2.57 bits per heavy atom. The van der Waals surface area contributed by atoms with E-state index in [-0.39, 0.29) is 0 Å². The second-order valence-corrected chi connectivity index (χ2v) is 4.34. The number of aromatic nitrogens is 1. The van der Waals surface area contributed by atoms with Crippen LogP contribution >= 0.6 is 34.8 Å². The van der Waals surface area contributed by atoms with Gasteiger partial charge in [0.25, 0.3) is 0 Å². The molecule has 0 atom stereocenters. The van der Waals surface area contributed by atoms with E-state index < -0.39 is 4.84 Å². The van der Waals surface area contributed by atoms with Gasteiger partial charge in [0.05, 0.1) is 5.52 Å². The van der Waals surface area contributed by atoms with Gasteiger partial charge in [-0.3, -0.25) is 0 Å². The van der Waals surface area contributed by atoms with Crippen LogP contribution in [0.1, 0.15) is 10.4 Å². The molecule has 2 rings (SSSR count). The van der Waals surface area contributed by atoms with Gasteiger partial charge in [-0.1, -0.05) is 53.0 Å². The minimum Gasteiger partial charge on any atom is -0.236 e. The molecule has 4 heteroatoms. The lowest BCUT2D eigenvalue weighted by atomic mass is 10.1. The molecular weight excluding hydrogens is 240 g/mol. The number of rotatable bonds is 1. The second-order valence-electron chi connectivity index (χ2n) is 2.85. The predicted octanol–water partition coefficient (Wildman–Crippen LogP) is 4.36. The molecule has 0 aliphatic heterocycles. The zero-order valence-corrected chi connectivity index (χ0v) is 9.31. The summed E-state index contributed by atoms with van der Waals surface area (Å²) < 4.78 is 0. The van der Waals surface area contributed by atoms with Crippen LogP contribution in [-0.4, -0.2) is 4.98 Å². The smallest absolute Gasteiger partial charge is 0.134 e. The lowest BCUT2D eigenvalue weighted by molar-refractivity contribution is 1.31. The van der Waals surface area contributed by atoms with Crippen molar-refractivity contribution in [3.8, 4) is 0 Å². The van der Waals surface area contributed by atoms with Gasteiger partial charge in [-0.2, -0.15) is 0 Å². The normalized spacial score (nSPS) is 11.1. The quantitative estimate of drug-likeness (QED) is 0.538. The Labute approximate surface area is 96.6 Å². The maximum atomic E-state index is 5.82. The van der Waals surface area contributed by atoms with Gasteiger partial charge in [-0.25, -0.2) is 4.98 Å². The fourth-order valence-corrected chi connectivity index (χ4v) is 1.82. The van der Waals surface area contributed by atoms with Gasteiger partial charge in [-0.15, -0.1) is 0 Å². The maximum Gasteiger partial charge on any atom is 0.134 e. The molecule has 0 amide bonds. The molecule has 2 aromatic rings. The summed E-state index contributed by atoms with van der Waals surface area (Å²) >= 11 is 17.4. The monoisotopic (exact) mass is 245 g/mol. The Balaban J connectivity index is 2.77. The summed E-state index contributed by atoms with van der Waals surface area (Å²) in [7, 11) is 0. The number of fused-ring (bicyclic) bond motifs is 1. The number of nitrogens with zero attached hydrogens (tertiary/aromatic N) is 1. The first-order chi connectivity index (χ1) is 6.68. The first-order valence-electron chi connectivity index (χ1n) is 4.02. The molecule has 1 aromatic carbocycles. The Bertz CT molecular complexity index is 468. The molecule has 0 spiro atoms. The van der Waals surface area contributed by atoms with E-state index in [0.29, 0.717) is 5.15 Å². The Kier molecular flexibility index (Phi) is 2.82. The van der Waals surface area contributed by atoms with Crippen molar-refractivity contribution in [2.45, 2.75) is 4.84 Å². The van der Waals surface area contributed by atoms with Crippen molar-refractivity contribution in [1.82, 2.24) is 4.98 Å². The lowest BCUT2D eigenvalue weighted by Gasteiger charge is -2.05. The second kappa shape index (κ2) is 3.93. The summed E-state index contributed by atoms with van der Waals surface area (Å²) in [4.78, 5) is 3.61. The fourth-order valence-electron chi connectivity index (χ4n) is 1.32. The molecule has 0 fully saturated rings. The molecule has 0 N–H and O–H groups in total. The maximum absolute atomic E-state index is 5.82. The largest absolute Gasteiger partial charge is 0.236 e. The first kappa shape index (κ1) is 10.0. The van der Waals surface area contributed by atoms with Crippen LogP contribution in [0.4, 0.5) is 0 Å². The van der Waals surface area contributed by atoms with E-state index in [0.717, 1.165) is 16.5 Å². The van der Waals surface area contributed by atoms with Crippen LogP contribution in [0.15, 0.2) is 30.3 Å². The van der Waals surface area contributed by atoms with Gasteiger partial charge in [-0.05, 0) is 12.1 Å². The standard InChI is InChI=1S/C10H6Cl3N/c11-8-5-4-6-2-1-3-7(10(12)13)9(6)14-8/h1-5,10H. The first-order valence-corrected chi connectivity index (χ1v) is 5.27. The number of halogens is 3. The molecule has 1 heterocycles. The van der Waals surface area contributed by atoms with Crippen LogP contribution < -0.4 is 0 Å². The average molecular weight is 247 g/mol. The van der Waals surface area contributed by atoms with Crippen LogP contribution in [-0.2, 0) is 0 Å². The Hall–Kier alpha value is -0.500.